The van der Waals surface area contributed by atoms with Crippen LogP contribution < -0.4 is 16.4 Å². The molecule has 1 aromatic heterocycles. The van der Waals surface area contributed by atoms with E-state index < -0.39 is 84.0 Å². The molecule has 0 saturated carbocycles. The summed E-state index contributed by atoms with van der Waals surface area (Å²) < 4.78 is 62.9. The molecule has 58 heavy (non-hydrogen) atoms. The van der Waals surface area contributed by atoms with E-state index in [0.717, 1.165) is 40.8 Å². The Kier molecular flexibility index (Phi) is 16.4. The molecule has 0 saturated heterocycles. The number of hydrogen-bond acceptors (Lipinski definition) is 8. The van der Waals surface area contributed by atoms with Crippen molar-refractivity contribution < 1.29 is 60.9 Å². The van der Waals surface area contributed by atoms with Crippen LogP contribution in [0.25, 0.3) is 11.1 Å². The second-order valence-corrected chi connectivity index (χ2v) is 14.2. The van der Waals surface area contributed by atoms with Gasteiger partial charge in [0.1, 0.15) is 24.8 Å². The highest BCUT2D eigenvalue weighted by atomic mass is 19.4. The molecule has 5 amide bonds. The van der Waals surface area contributed by atoms with Gasteiger partial charge in [-0.25, -0.2) is 13.6 Å². The van der Waals surface area contributed by atoms with Crippen LogP contribution in [-0.4, -0.2) is 105 Å². The fourth-order valence-electron chi connectivity index (χ4n) is 5.96. The van der Waals surface area contributed by atoms with Crippen molar-refractivity contribution in [2.24, 2.45) is 11.1 Å². The number of carboxylic acid groups (broad SMARTS) is 1. The quantitative estimate of drug-likeness (QED) is 0.0817. The summed E-state index contributed by atoms with van der Waals surface area (Å²) in [5.74, 6) is -6.69. The number of carbonyl (C=O) groups is 6. The number of carbonyl (C=O) groups excluding carboxylic acids is 5. The Bertz CT molecular complexity index is 1960. The van der Waals surface area contributed by atoms with Crippen LogP contribution in [0.4, 0.5) is 22.0 Å². The number of benzene rings is 2. The summed E-state index contributed by atoms with van der Waals surface area (Å²) in [6.45, 7) is 5.24. The van der Waals surface area contributed by atoms with Gasteiger partial charge in [0, 0.05) is 61.3 Å². The summed E-state index contributed by atoms with van der Waals surface area (Å²) in [6, 6.07) is 12.7. The van der Waals surface area contributed by atoms with Gasteiger partial charge < -0.3 is 36.0 Å². The molecule has 0 spiro atoms. The summed E-state index contributed by atoms with van der Waals surface area (Å²) in [5.41, 5.74) is 7.61. The Hall–Kier alpha value is -5.95. The van der Waals surface area contributed by atoms with Crippen molar-refractivity contribution in [3.8, 4) is 11.1 Å². The van der Waals surface area contributed by atoms with Gasteiger partial charge in [0.2, 0.25) is 17.7 Å². The molecule has 2 unspecified atom stereocenters. The van der Waals surface area contributed by atoms with E-state index in [2.05, 4.69) is 10.6 Å². The first-order valence-electron chi connectivity index (χ1n) is 17.9. The zero-order valence-electron chi connectivity index (χ0n) is 31.9. The Morgan fingerprint density at radius 1 is 0.914 bits per heavy atom. The van der Waals surface area contributed by atoms with Crippen molar-refractivity contribution >= 4 is 35.5 Å². The lowest BCUT2D eigenvalue weighted by atomic mass is 9.82. The molecule has 19 heteroatoms. The standard InChI is InChI=1S/C37H44F2N6O6.C2HF3O2/c1-37(2,3)35(30-18-25(27-19-26(38)10-11-28(27)39)21-43(30)20-24-8-5-4-6-9-24)44(34(50)23-46)17-14-29(40)36(51)42-16-7-15-41-31(47)22-45-32(48)12-13-33(45)49;3-2(4,5)1(6)7/h4-6,8-13,18-19,21,29,35,46H,7,14-17,20,22-23,40H2,1-3H3,(H,41,47)(H,42,51);(H,6,7). The number of nitrogens with zero attached hydrogens (tertiary/aromatic N) is 3. The molecule has 0 fully saturated rings. The number of amides is 5. The fourth-order valence-corrected chi connectivity index (χ4v) is 5.96. The second kappa shape index (κ2) is 20.5. The van der Waals surface area contributed by atoms with E-state index in [9.17, 15) is 51.0 Å². The minimum absolute atomic E-state index is 0.00501. The number of aliphatic hydroxyl groups is 1. The first kappa shape index (κ1) is 46.4. The maximum absolute atomic E-state index is 15.0. The molecule has 1 aliphatic heterocycles. The molecule has 0 radical (unpaired) electrons. The average Bonchev–Trinajstić information content (AvgIpc) is 3.70. The van der Waals surface area contributed by atoms with Gasteiger partial charge in [-0.1, -0.05) is 51.1 Å². The molecule has 314 valence electrons. The summed E-state index contributed by atoms with van der Waals surface area (Å²) in [5, 5.41) is 22.5. The Morgan fingerprint density at radius 3 is 2.09 bits per heavy atom. The SMILES string of the molecule is CC(C)(C)C(c1cc(-c2cc(F)ccc2F)cn1Cc1ccccc1)N(CCC(N)C(=O)NCCCNC(=O)CN1C(=O)C=CC1=O)C(=O)CO.O=C(O)C(F)(F)F. The van der Waals surface area contributed by atoms with Crippen molar-refractivity contribution in [1.82, 2.24) is 25.0 Å². The minimum Gasteiger partial charge on any atom is -0.475 e. The highest BCUT2D eigenvalue weighted by molar-refractivity contribution is 6.14. The predicted molar refractivity (Wildman–Crippen MR) is 199 cm³/mol. The van der Waals surface area contributed by atoms with E-state index >= 15 is 0 Å². The molecule has 6 N–H and O–H groups in total. The minimum atomic E-state index is -5.08. The molecular formula is C39H45F5N6O8. The average molecular weight is 821 g/mol. The number of rotatable bonds is 16. The zero-order chi connectivity index (χ0) is 43.4. The van der Waals surface area contributed by atoms with Gasteiger partial charge in [0.25, 0.3) is 11.8 Å². The number of nitrogens with one attached hydrogen (secondary N) is 2. The molecule has 3 aromatic rings. The number of aliphatic carboxylic acids is 1. The number of aromatic nitrogens is 1. The van der Waals surface area contributed by atoms with Crippen LogP contribution in [0.3, 0.4) is 0 Å². The number of aliphatic hydroxyl groups excluding tert-OH is 1. The van der Waals surface area contributed by atoms with E-state index in [1.807, 2.05) is 55.7 Å². The van der Waals surface area contributed by atoms with Crippen molar-refractivity contribution in [3.63, 3.8) is 0 Å². The van der Waals surface area contributed by atoms with E-state index in [0.29, 0.717) is 24.2 Å². The van der Waals surface area contributed by atoms with Crippen molar-refractivity contribution in [1.29, 1.82) is 0 Å². The van der Waals surface area contributed by atoms with Crippen LogP contribution in [0.2, 0.25) is 0 Å². The molecule has 4 rings (SSSR count). The molecular weight excluding hydrogens is 775 g/mol. The first-order valence-corrected chi connectivity index (χ1v) is 17.9. The van der Waals surface area contributed by atoms with Crippen LogP contribution in [0, 0.1) is 17.0 Å². The van der Waals surface area contributed by atoms with Crippen LogP contribution in [0.5, 0.6) is 0 Å². The van der Waals surface area contributed by atoms with Gasteiger partial charge in [0.05, 0.1) is 12.1 Å². The van der Waals surface area contributed by atoms with Gasteiger partial charge in [-0.05, 0) is 48.1 Å². The molecule has 0 bridgehead atoms. The lowest BCUT2D eigenvalue weighted by Gasteiger charge is -2.41. The highest BCUT2D eigenvalue weighted by Gasteiger charge is 2.39. The predicted octanol–water partition coefficient (Wildman–Crippen LogP) is 3.29. The van der Waals surface area contributed by atoms with E-state index in [4.69, 9.17) is 15.6 Å². The highest BCUT2D eigenvalue weighted by Crippen LogP contribution is 2.41. The number of nitrogens with two attached hydrogens (primary N) is 1. The summed E-state index contributed by atoms with van der Waals surface area (Å²) in [4.78, 5) is 72.8. The first-order chi connectivity index (χ1) is 27.1. The topological polar surface area (TPSA) is 204 Å². The Morgan fingerprint density at radius 2 is 1.52 bits per heavy atom. The third-order valence-electron chi connectivity index (χ3n) is 8.67. The molecule has 2 aromatic carbocycles. The third-order valence-corrected chi connectivity index (χ3v) is 8.67. The summed E-state index contributed by atoms with van der Waals surface area (Å²) >= 11 is 0. The summed E-state index contributed by atoms with van der Waals surface area (Å²) in [7, 11) is 0. The zero-order valence-corrected chi connectivity index (χ0v) is 31.9. The van der Waals surface area contributed by atoms with Crippen molar-refractivity contribution in [2.45, 2.75) is 58.4 Å². The summed E-state index contributed by atoms with van der Waals surface area (Å²) in [6.07, 6.45) is -0.803. The molecule has 2 heterocycles. The molecule has 2 atom stereocenters. The molecule has 14 nitrogen and oxygen atoms in total. The monoisotopic (exact) mass is 820 g/mol. The molecule has 1 aliphatic rings. The van der Waals surface area contributed by atoms with Gasteiger partial charge in [-0.15, -0.1) is 0 Å². The normalized spacial score (nSPS) is 13.7. The largest absolute Gasteiger partial charge is 0.490 e. The third kappa shape index (κ3) is 13.3. The second-order valence-electron chi connectivity index (χ2n) is 14.2. The number of halogens is 5. The lowest BCUT2D eigenvalue weighted by molar-refractivity contribution is -0.192. The van der Waals surface area contributed by atoms with E-state index in [1.165, 1.54) is 4.90 Å². The van der Waals surface area contributed by atoms with E-state index in [1.54, 1.807) is 12.3 Å². The van der Waals surface area contributed by atoms with Crippen LogP contribution in [0.1, 0.15) is 50.9 Å². The molecule has 0 aliphatic carbocycles. The Balaban J connectivity index is 0.00000117. The van der Waals surface area contributed by atoms with Crippen LogP contribution in [-0.2, 0) is 35.3 Å². The van der Waals surface area contributed by atoms with Gasteiger partial charge >= 0.3 is 12.1 Å². The van der Waals surface area contributed by atoms with Gasteiger partial charge in [-0.2, -0.15) is 13.2 Å². The smallest absolute Gasteiger partial charge is 0.475 e. The van der Waals surface area contributed by atoms with Crippen LogP contribution in [0.15, 0.2) is 72.9 Å². The lowest BCUT2D eigenvalue weighted by Crippen LogP contribution is -2.47. The number of carboxylic acids is 1. The maximum Gasteiger partial charge on any atom is 0.490 e. The van der Waals surface area contributed by atoms with Crippen molar-refractivity contribution in [3.05, 3.63) is 95.8 Å². The van der Waals surface area contributed by atoms with Crippen LogP contribution >= 0.6 is 0 Å². The Labute approximate surface area is 330 Å². The van der Waals surface area contributed by atoms with Crippen molar-refractivity contribution in [2.75, 3.05) is 32.8 Å². The number of imide groups is 1. The fraction of sp³-hybridized carbons (Fsp3) is 0.385. The van der Waals surface area contributed by atoms with Gasteiger partial charge in [0.15, 0.2) is 0 Å². The van der Waals surface area contributed by atoms with E-state index in [-0.39, 0.29) is 31.6 Å². The number of hydrogen-bond donors (Lipinski definition) is 5. The van der Waals surface area contributed by atoms with Gasteiger partial charge in [-0.3, -0.25) is 28.9 Å². The number of alkyl halides is 3. The maximum atomic E-state index is 15.0.